The first kappa shape index (κ1) is 13.3. The third-order valence-electron chi connectivity index (χ3n) is 3.67. The lowest BCUT2D eigenvalue weighted by Crippen LogP contribution is -2.23. The van der Waals surface area contributed by atoms with Crippen LogP contribution >= 0.6 is 11.3 Å². The van der Waals surface area contributed by atoms with Crippen LogP contribution in [0.25, 0.3) is 11.3 Å². The molecule has 3 rings (SSSR count). The Morgan fingerprint density at radius 2 is 1.75 bits per heavy atom. The summed E-state index contributed by atoms with van der Waals surface area (Å²) in [5.41, 5.74) is 1.84. The van der Waals surface area contributed by atoms with Crippen LogP contribution in [0, 0.1) is 0 Å². The number of nitrogens with zero attached hydrogens (tertiary/aromatic N) is 2. The molecule has 3 nitrogen and oxygen atoms in total. The van der Waals surface area contributed by atoms with Crippen LogP contribution in [0.3, 0.4) is 0 Å². The predicted molar refractivity (Wildman–Crippen MR) is 83.6 cm³/mol. The van der Waals surface area contributed by atoms with E-state index in [1.165, 1.54) is 37.0 Å². The molecule has 1 aromatic carbocycles. The van der Waals surface area contributed by atoms with Crippen molar-refractivity contribution >= 4 is 22.8 Å². The first-order valence-corrected chi connectivity index (χ1v) is 7.96. The minimum Gasteiger partial charge on any atom is -0.348 e. The molecule has 1 aromatic heterocycles. The fraction of sp³-hybridized carbons (Fsp3) is 0.375. The highest BCUT2D eigenvalue weighted by molar-refractivity contribution is 7.17. The van der Waals surface area contributed by atoms with E-state index >= 15 is 0 Å². The quantitative estimate of drug-likeness (QED) is 0.799. The zero-order valence-corrected chi connectivity index (χ0v) is 12.2. The molecule has 0 aliphatic carbocycles. The largest absolute Gasteiger partial charge is 0.348 e. The molecule has 0 saturated carbocycles. The first-order chi connectivity index (χ1) is 9.88. The van der Waals surface area contributed by atoms with Crippen molar-refractivity contribution in [3.05, 3.63) is 35.2 Å². The lowest BCUT2D eigenvalue weighted by atomic mass is 10.1. The molecule has 2 heterocycles. The number of aromatic nitrogens is 1. The number of benzene rings is 1. The summed E-state index contributed by atoms with van der Waals surface area (Å²) in [6, 6.07) is 9.96. The van der Waals surface area contributed by atoms with Gasteiger partial charge in [0.1, 0.15) is 0 Å². The zero-order valence-electron chi connectivity index (χ0n) is 11.4. The molecule has 0 bridgehead atoms. The SMILES string of the molecule is O=Cc1sc(N2CCCCCC2)nc1-c1ccccc1. The van der Waals surface area contributed by atoms with E-state index in [1.54, 1.807) is 0 Å². The van der Waals surface area contributed by atoms with Gasteiger partial charge in [0.15, 0.2) is 11.4 Å². The highest BCUT2D eigenvalue weighted by Gasteiger charge is 2.18. The molecule has 0 atom stereocenters. The van der Waals surface area contributed by atoms with Gasteiger partial charge in [0, 0.05) is 18.7 Å². The summed E-state index contributed by atoms with van der Waals surface area (Å²) < 4.78 is 0. The average Bonchev–Trinajstić information content (AvgIpc) is 2.75. The Balaban J connectivity index is 1.94. The van der Waals surface area contributed by atoms with E-state index in [4.69, 9.17) is 4.98 Å². The van der Waals surface area contributed by atoms with Crippen LogP contribution in [0.4, 0.5) is 5.13 Å². The molecule has 104 valence electrons. The second-order valence-corrected chi connectivity index (χ2v) is 6.10. The van der Waals surface area contributed by atoms with Crippen LogP contribution in [-0.4, -0.2) is 24.4 Å². The third kappa shape index (κ3) is 2.75. The van der Waals surface area contributed by atoms with Gasteiger partial charge >= 0.3 is 0 Å². The highest BCUT2D eigenvalue weighted by Crippen LogP contribution is 2.32. The van der Waals surface area contributed by atoms with Gasteiger partial charge in [-0.1, -0.05) is 54.5 Å². The molecule has 1 aliphatic heterocycles. The standard InChI is InChI=1S/C16H18N2OS/c19-12-14-15(13-8-4-3-5-9-13)17-16(20-14)18-10-6-1-2-7-11-18/h3-5,8-9,12H,1-2,6-7,10-11H2. The van der Waals surface area contributed by atoms with Gasteiger partial charge in [-0.05, 0) is 12.8 Å². The normalized spacial score (nSPS) is 15.9. The van der Waals surface area contributed by atoms with Crippen LogP contribution in [0.2, 0.25) is 0 Å². The fourth-order valence-corrected chi connectivity index (χ4v) is 3.55. The maximum atomic E-state index is 11.3. The van der Waals surface area contributed by atoms with E-state index in [0.29, 0.717) is 0 Å². The van der Waals surface area contributed by atoms with Gasteiger partial charge in [-0.25, -0.2) is 4.98 Å². The van der Waals surface area contributed by atoms with Crippen molar-refractivity contribution in [3.8, 4) is 11.3 Å². The molecule has 0 N–H and O–H groups in total. The smallest absolute Gasteiger partial charge is 0.186 e. The zero-order chi connectivity index (χ0) is 13.8. The number of hydrogen-bond donors (Lipinski definition) is 0. The maximum absolute atomic E-state index is 11.3. The van der Waals surface area contributed by atoms with Gasteiger partial charge in [0.2, 0.25) is 0 Å². The van der Waals surface area contributed by atoms with Crippen molar-refractivity contribution in [2.24, 2.45) is 0 Å². The summed E-state index contributed by atoms with van der Waals surface area (Å²) in [7, 11) is 0. The molecule has 1 fully saturated rings. The third-order valence-corrected chi connectivity index (χ3v) is 4.71. The van der Waals surface area contributed by atoms with Crippen molar-refractivity contribution < 1.29 is 4.79 Å². The minimum absolute atomic E-state index is 0.732. The van der Waals surface area contributed by atoms with Crippen LogP contribution in [0.5, 0.6) is 0 Å². The monoisotopic (exact) mass is 286 g/mol. The molecule has 1 aliphatic rings. The molecule has 0 radical (unpaired) electrons. The van der Waals surface area contributed by atoms with Crippen LogP contribution in [0.1, 0.15) is 35.4 Å². The van der Waals surface area contributed by atoms with Gasteiger partial charge in [0.25, 0.3) is 0 Å². The second kappa shape index (κ2) is 6.18. The number of carbonyl (C=O) groups is 1. The Morgan fingerprint density at radius 3 is 2.40 bits per heavy atom. The van der Waals surface area contributed by atoms with Gasteiger partial charge in [-0.2, -0.15) is 0 Å². The number of aldehydes is 1. The lowest BCUT2D eigenvalue weighted by molar-refractivity contribution is 0.112. The number of thiazole rings is 1. The molecule has 1 saturated heterocycles. The number of carbonyl (C=O) groups excluding carboxylic acids is 1. The maximum Gasteiger partial charge on any atom is 0.186 e. The van der Waals surface area contributed by atoms with Crippen LogP contribution in [0.15, 0.2) is 30.3 Å². The Bertz CT molecular complexity index is 571. The lowest BCUT2D eigenvalue weighted by Gasteiger charge is -2.18. The van der Waals surface area contributed by atoms with Crippen LogP contribution < -0.4 is 4.90 Å². The van der Waals surface area contributed by atoms with Crippen molar-refractivity contribution in [3.63, 3.8) is 0 Å². The summed E-state index contributed by atoms with van der Waals surface area (Å²) in [6.07, 6.45) is 5.97. The Morgan fingerprint density at radius 1 is 1.05 bits per heavy atom. The number of anilines is 1. The van der Waals surface area contributed by atoms with Crippen molar-refractivity contribution in [1.82, 2.24) is 4.98 Å². The van der Waals surface area contributed by atoms with E-state index < -0.39 is 0 Å². The number of rotatable bonds is 3. The first-order valence-electron chi connectivity index (χ1n) is 7.15. The summed E-state index contributed by atoms with van der Waals surface area (Å²) in [5.74, 6) is 0. The molecule has 20 heavy (non-hydrogen) atoms. The summed E-state index contributed by atoms with van der Waals surface area (Å²) >= 11 is 1.52. The molecule has 0 unspecified atom stereocenters. The van der Waals surface area contributed by atoms with E-state index in [1.807, 2.05) is 30.3 Å². The van der Waals surface area contributed by atoms with E-state index in [-0.39, 0.29) is 0 Å². The van der Waals surface area contributed by atoms with Crippen molar-refractivity contribution in [2.75, 3.05) is 18.0 Å². The van der Waals surface area contributed by atoms with E-state index in [0.717, 1.165) is 40.6 Å². The summed E-state index contributed by atoms with van der Waals surface area (Å²) in [6.45, 7) is 2.11. The van der Waals surface area contributed by atoms with E-state index in [9.17, 15) is 4.79 Å². The van der Waals surface area contributed by atoms with E-state index in [2.05, 4.69) is 4.90 Å². The molecule has 4 heteroatoms. The Labute approximate surface area is 123 Å². The average molecular weight is 286 g/mol. The Hall–Kier alpha value is -1.68. The number of hydrogen-bond acceptors (Lipinski definition) is 4. The Kier molecular flexibility index (Phi) is 4.11. The molecule has 2 aromatic rings. The van der Waals surface area contributed by atoms with Crippen molar-refractivity contribution in [2.45, 2.75) is 25.7 Å². The highest BCUT2D eigenvalue weighted by atomic mass is 32.1. The molecule has 0 amide bonds. The topological polar surface area (TPSA) is 33.2 Å². The van der Waals surface area contributed by atoms with Gasteiger partial charge < -0.3 is 4.90 Å². The summed E-state index contributed by atoms with van der Waals surface area (Å²) in [5, 5.41) is 0.993. The fourth-order valence-electron chi connectivity index (χ4n) is 2.60. The molecule has 0 spiro atoms. The minimum atomic E-state index is 0.732. The van der Waals surface area contributed by atoms with Gasteiger partial charge in [-0.3, -0.25) is 4.79 Å². The van der Waals surface area contributed by atoms with Gasteiger partial charge in [-0.15, -0.1) is 0 Å². The predicted octanol–water partition coefficient (Wildman–Crippen LogP) is 4.00. The summed E-state index contributed by atoms with van der Waals surface area (Å²) in [4.78, 5) is 19.1. The van der Waals surface area contributed by atoms with Crippen molar-refractivity contribution in [1.29, 1.82) is 0 Å². The van der Waals surface area contributed by atoms with Crippen LogP contribution in [-0.2, 0) is 0 Å². The van der Waals surface area contributed by atoms with Gasteiger partial charge in [0.05, 0.1) is 10.6 Å². The molecular formula is C16H18N2OS. The molecular weight excluding hydrogens is 268 g/mol. The second-order valence-electron chi connectivity index (χ2n) is 5.09.